The molecule has 2 N–H and O–H groups in total. The molecule has 1 saturated carbocycles. The Balaban J connectivity index is 1.56. The average molecular weight is 362 g/mol. The maximum Gasteiger partial charge on any atom is 0.255 e. The van der Waals surface area contributed by atoms with Gasteiger partial charge < -0.3 is 15.5 Å². The standard InChI is InChI=1S/C22H24N3O2/c1-24(2)14-22(11-12-22)16-9-7-15(8-10-16)13-25-19(20(23)26)17-5-3-4-6-18(17)21(25)27/h3-4,6-10,19H,11-14H2,1-2H3,(H2,23,26). The molecule has 5 nitrogen and oxygen atoms in total. The summed E-state index contributed by atoms with van der Waals surface area (Å²) < 4.78 is 0. The Bertz CT molecular complexity index is 885. The minimum Gasteiger partial charge on any atom is -0.368 e. The van der Waals surface area contributed by atoms with Crippen molar-refractivity contribution in [2.24, 2.45) is 5.73 Å². The topological polar surface area (TPSA) is 66.6 Å². The van der Waals surface area contributed by atoms with Crippen LogP contribution in [0.1, 0.15) is 45.9 Å². The zero-order valence-electron chi connectivity index (χ0n) is 15.7. The van der Waals surface area contributed by atoms with Crippen molar-refractivity contribution < 1.29 is 9.59 Å². The summed E-state index contributed by atoms with van der Waals surface area (Å²) in [6.45, 7) is 1.40. The molecule has 2 aliphatic rings. The van der Waals surface area contributed by atoms with Crippen LogP contribution in [0.25, 0.3) is 0 Å². The second-order valence-electron chi connectivity index (χ2n) is 7.95. The van der Waals surface area contributed by atoms with Crippen LogP contribution in [0.4, 0.5) is 0 Å². The minimum absolute atomic E-state index is 0.166. The molecule has 0 spiro atoms. The first-order valence-corrected chi connectivity index (χ1v) is 9.26. The van der Waals surface area contributed by atoms with E-state index in [2.05, 4.69) is 49.3 Å². The first-order valence-electron chi connectivity index (χ1n) is 9.26. The first kappa shape index (κ1) is 17.7. The maximum atomic E-state index is 12.8. The predicted molar refractivity (Wildman–Crippen MR) is 103 cm³/mol. The van der Waals surface area contributed by atoms with E-state index in [9.17, 15) is 9.59 Å². The highest BCUT2D eigenvalue weighted by Gasteiger charge is 2.44. The van der Waals surface area contributed by atoms with Gasteiger partial charge in [-0.25, -0.2) is 0 Å². The van der Waals surface area contributed by atoms with Gasteiger partial charge in [0.05, 0.1) is 0 Å². The van der Waals surface area contributed by atoms with Crippen LogP contribution < -0.4 is 5.73 Å². The van der Waals surface area contributed by atoms with Gasteiger partial charge in [0.1, 0.15) is 6.04 Å². The molecule has 2 aromatic rings. The van der Waals surface area contributed by atoms with Crippen molar-refractivity contribution >= 4 is 11.8 Å². The van der Waals surface area contributed by atoms with Crippen molar-refractivity contribution in [1.82, 2.24) is 9.80 Å². The molecule has 0 aromatic heterocycles. The van der Waals surface area contributed by atoms with Crippen LogP contribution in [0.15, 0.2) is 42.5 Å². The van der Waals surface area contributed by atoms with E-state index >= 15 is 0 Å². The number of fused-ring (bicyclic) bond motifs is 1. The Morgan fingerprint density at radius 2 is 1.96 bits per heavy atom. The number of rotatable bonds is 6. The van der Waals surface area contributed by atoms with Crippen molar-refractivity contribution in [3.8, 4) is 0 Å². The molecule has 1 aliphatic heterocycles. The number of hydrogen-bond acceptors (Lipinski definition) is 3. The lowest BCUT2D eigenvalue weighted by Crippen LogP contribution is -2.35. The highest BCUT2D eigenvalue weighted by molar-refractivity contribution is 6.04. The van der Waals surface area contributed by atoms with Crippen molar-refractivity contribution in [3.63, 3.8) is 0 Å². The van der Waals surface area contributed by atoms with Crippen LogP contribution in [0.3, 0.4) is 0 Å². The SMILES string of the molecule is CN(C)CC1(c2ccc(CN3C(=O)c4ccc[c]c4C3C(N)=O)cc2)CC1. The number of benzene rings is 2. The number of hydrogen-bond donors (Lipinski definition) is 1. The summed E-state index contributed by atoms with van der Waals surface area (Å²) >= 11 is 0. The summed E-state index contributed by atoms with van der Waals surface area (Å²) in [6.07, 6.45) is 2.42. The number of primary amides is 1. The number of nitrogens with zero attached hydrogens (tertiary/aromatic N) is 2. The highest BCUT2D eigenvalue weighted by Crippen LogP contribution is 2.48. The van der Waals surface area contributed by atoms with Gasteiger partial charge in [0.15, 0.2) is 0 Å². The van der Waals surface area contributed by atoms with Crippen molar-refractivity contribution in [3.05, 3.63) is 70.8 Å². The van der Waals surface area contributed by atoms with E-state index in [1.807, 2.05) is 0 Å². The number of nitrogens with two attached hydrogens (primary N) is 1. The number of carbonyl (C=O) groups excluding carboxylic acids is 2. The van der Waals surface area contributed by atoms with Crippen molar-refractivity contribution in [2.45, 2.75) is 30.8 Å². The molecule has 1 radical (unpaired) electrons. The van der Waals surface area contributed by atoms with Crippen molar-refractivity contribution in [2.75, 3.05) is 20.6 Å². The van der Waals surface area contributed by atoms with E-state index in [0.717, 1.165) is 12.1 Å². The van der Waals surface area contributed by atoms with Crippen LogP contribution in [-0.4, -0.2) is 42.3 Å². The van der Waals surface area contributed by atoms with Crippen LogP contribution in [0.5, 0.6) is 0 Å². The fourth-order valence-electron chi connectivity index (χ4n) is 4.20. The summed E-state index contributed by atoms with van der Waals surface area (Å²) in [5.41, 5.74) is 9.30. The average Bonchev–Trinajstić information content (AvgIpc) is 3.35. The number of amides is 2. The lowest BCUT2D eigenvalue weighted by Gasteiger charge is -2.24. The minimum atomic E-state index is -0.753. The summed E-state index contributed by atoms with van der Waals surface area (Å²) in [5, 5.41) is 0. The summed E-state index contributed by atoms with van der Waals surface area (Å²) in [7, 11) is 4.21. The van der Waals surface area contributed by atoms with E-state index in [4.69, 9.17) is 5.73 Å². The van der Waals surface area contributed by atoms with Gasteiger partial charge in [0.2, 0.25) is 5.91 Å². The smallest absolute Gasteiger partial charge is 0.255 e. The molecular weight excluding hydrogens is 338 g/mol. The van der Waals surface area contributed by atoms with E-state index in [0.29, 0.717) is 17.7 Å². The monoisotopic (exact) mass is 362 g/mol. The van der Waals surface area contributed by atoms with E-state index in [1.54, 1.807) is 23.1 Å². The fraction of sp³-hybridized carbons (Fsp3) is 0.364. The van der Waals surface area contributed by atoms with Gasteiger partial charge in [0, 0.05) is 29.6 Å². The van der Waals surface area contributed by atoms with Gasteiger partial charge in [-0.2, -0.15) is 0 Å². The molecule has 27 heavy (non-hydrogen) atoms. The molecule has 2 aromatic carbocycles. The van der Waals surface area contributed by atoms with Gasteiger partial charge in [-0.1, -0.05) is 36.4 Å². The third-order valence-corrected chi connectivity index (χ3v) is 5.63. The largest absolute Gasteiger partial charge is 0.368 e. The summed E-state index contributed by atoms with van der Waals surface area (Å²) in [6, 6.07) is 15.9. The van der Waals surface area contributed by atoms with Gasteiger partial charge in [-0.15, -0.1) is 0 Å². The zero-order valence-corrected chi connectivity index (χ0v) is 15.7. The lowest BCUT2D eigenvalue weighted by molar-refractivity contribution is -0.122. The normalized spacial score (nSPS) is 20.0. The Labute approximate surface area is 159 Å². The Morgan fingerprint density at radius 1 is 1.26 bits per heavy atom. The highest BCUT2D eigenvalue weighted by atomic mass is 16.2. The molecule has 1 aliphatic carbocycles. The molecule has 139 valence electrons. The van der Waals surface area contributed by atoms with E-state index < -0.39 is 11.9 Å². The molecule has 5 heteroatoms. The van der Waals surface area contributed by atoms with Crippen LogP contribution in [0.2, 0.25) is 0 Å². The molecular formula is C22H24N3O2. The third kappa shape index (κ3) is 3.12. The third-order valence-electron chi connectivity index (χ3n) is 5.63. The number of likely N-dealkylation sites (N-methyl/N-ethyl adjacent to an activating group) is 1. The maximum absolute atomic E-state index is 12.8. The van der Waals surface area contributed by atoms with Gasteiger partial charge in [-0.05, 0) is 50.2 Å². The molecule has 0 saturated heterocycles. The first-order chi connectivity index (χ1) is 12.9. The van der Waals surface area contributed by atoms with E-state index in [-0.39, 0.29) is 11.3 Å². The molecule has 2 amide bonds. The summed E-state index contributed by atoms with van der Waals surface area (Å²) in [5.74, 6) is -0.690. The Morgan fingerprint density at radius 3 is 2.56 bits per heavy atom. The molecule has 1 fully saturated rings. The molecule has 1 heterocycles. The molecule has 4 rings (SSSR count). The fourth-order valence-corrected chi connectivity index (χ4v) is 4.20. The van der Waals surface area contributed by atoms with Gasteiger partial charge in [0.25, 0.3) is 5.91 Å². The van der Waals surface area contributed by atoms with E-state index in [1.165, 1.54) is 18.4 Å². The quantitative estimate of drug-likeness (QED) is 0.857. The Kier molecular flexibility index (Phi) is 4.27. The van der Waals surface area contributed by atoms with Gasteiger partial charge in [-0.3, -0.25) is 9.59 Å². The second kappa shape index (κ2) is 6.50. The second-order valence-corrected chi connectivity index (χ2v) is 7.95. The zero-order chi connectivity index (χ0) is 19.2. The van der Waals surface area contributed by atoms with Crippen LogP contribution in [0, 0.1) is 6.07 Å². The lowest BCUT2D eigenvalue weighted by atomic mass is 9.94. The molecule has 1 atom stereocenters. The van der Waals surface area contributed by atoms with Crippen LogP contribution in [-0.2, 0) is 16.8 Å². The molecule has 0 bridgehead atoms. The number of carbonyl (C=O) groups is 2. The van der Waals surface area contributed by atoms with Gasteiger partial charge >= 0.3 is 0 Å². The van der Waals surface area contributed by atoms with Crippen molar-refractivity contribution in [1.29, 1.82) is 0 Å². The van der Waals surface area contributed by atoms with Crippen LogP contribution >= 0.6 is 0 Å². The Hall–Kier alpha value is -2.66. The summed E-state index contributed by atoms with van der Waals surface area (Å²) in [4.78, 5) is 28.6. The predicted octanol–water partition coefficient (Wildman–Crippen LogP) is 2.26. The molecule has 1 unspecified atom stereocenters.